The minimum Gasteiger partial charge on any atom is -0.491 e. The summed E-state index contributed by atoms with van der Waals surface area (Å²) in [7, 11) is 0. The van der Waals surface area contributed by atoms with Gasteiger partial charge in [-0.05, 0) is 55.7 Å². The van der Waals surface area contributed by atoms with Crippen LogP contribution in [-0.4, -0.2) is 17.6 Å². The number of ether oxygens (including phenoxy) is 1. The van der Waals surface area contributed by atoms with Gasteiger partial charge in [0.2, 0.25) is 0 Å². The summed E-state index contributed by atoms with van der Waals surface area (Å²) in [6, 6.07) is 10.6. The Bertz CT molecular complexity index is 726. The number of hydrogen-bond acceptors (Lipinski definition) is 3. The van der Waals surface area contributed by atoms with E-state index in [2.05, 4.69) is 36.3 Å². The summed E-state index contributed by atoms with van der Waals surface area (Å²) in [6.45, 7) is 5.05. The monoisotopic (exact) mass is 386 g/mol. The van der Waals surface area contributed by atoms with Gasteiger partial charge in [-0.15, -0.1) is 0 Å². The highest BCUT2D eigenvalue weighted by Crippen LogP contribution is 2.29. The Kier molecular flexibility index (Phi) is 7.40. The van der Waals surface area contributed by atoms with E-state index in [1.54, 1.807) is 0 Å². The lowest BCUT2D eigenvalue weighted by molar-refractivity contribution is 0.316. The SMILES string of the molecule is CCc1ncc(NC2CCC(CC)CC2)cc1OCCc1cccc(Cl)c1. The molecule has 146 valence electrons. The van der Waals surface area contributed by atoms with E-state index in [0.29, 0.717) is 12.6 Å². The quantitative estimate of drug-likeness (QED) is 0.578. The fraction of sp³-hybridized carbons (Fsp3) is 0.522. The van der Waals surface area contributed by atoms with Gasteiger partial charge in [0.15, 0.2) is 0 Å². The van der Waals surface area contributed by atoms with Crippen molar-refractivity contribution in [3.05, 3.63) is 52.8 Å². The maximum Gasteiger partial charge on any atom is 0.142 e. The molecule has 0 spiro atoms. The number of rotatable bonds is 8. The standard InChI is InChI=1S/C23H31ClN2O/c1-3-17-8-10-20(11-9-17)26-21-15-23(22(4-2)25-16-21)27-13-12-18-6-5-7-19(24)14-18/h5-7,14-17,20,26H,3-4,8-13H2,1-2H3. The highest BCUT2D eigenvalue weighted by atomic mass is 35.5. The summed E-state index contributed by atoms with van der Waals surface area (Å²) in [5, 5.41) is 4.44. The largest absolute Gasteiger partial charge is 0.491 e. The molecule has 3 nitrogen and oxygen atoms in total. The summed E-state index contributed by atoms with van der Waals surface area (Å²) < 4.78 is 6.09. The van der Waals surface area contributed by atoms with E-state index < -0.39 is 0 Å². The Morgan fingerprint density at radius 1 is 1.15 bits per heavy atom. The van der Waals surface area contributed by atoms with E-state index in [0.717, 1.165) is 40.9 Å². The van der Waals surface area contributed by atoms with Gasteiger partial charge in [-0.1, -0.05) is 44.0 Å². The zero-order chi connectivity index (χ0) is 19.1. The van der Waals surface area contributed by atoms with Crippen LogP contribution >= 0.6 is 11.6 Å². The van der Waals surface area contributed by atoms with E-state index in [-0.39, 0.29) is 0 Å². The summed E-state index contributed by atoms with van der Waals surface area (Å²) in [6.07, 6.45) is 10.1. The van der Waals surface area contributed by atoms with E-state index in [1.807, 2.05) is 24.4 Å². The third kappa shape index (κ3) is 5.87. The first kappa shape index (κ1) is 20.0. The van der Waals surface area contributed by atoms with Crippen molar-refractivity contribution in [2.75, 3.05) is 11.9 Å². The molecule has 1 heterocycles. The number of aromatic nitrogens is 1. The number of hydrogen-bond donors (Lipinski definition) is 1. The average Bonchev–Trinajstić information content (AvgIpc) is 2.69. The Labute approximate surface area is 168 Å². The number of anilines is 1. The van der Waals surface area contributed by atoms with Crippen LogP contribution < -0.4 is 10.1 Å². The first-order valence-corrected chi connectivity index (χ1v) is 10.7. The minimum absolute atomic E-state index is 0.557. The molecule has 0 amide bonds. The van der Waals surface area contributed by atoms with Crippen LogP contribution in [0.3, 0.4) is 0 Å². The van der Waals surface area contributed by atoms with Crippen molar-refractivity contribution in [3.8, 4) is 5.75 Å². The summed E-state index contributed by atoms with van der Waals surface area (Å²) in [5.41, 5.74) is 3.28. The van der Waals surface area contributed by atoms with Crippen LogP contribution in [0.2, 0.25) is 5.02 Å². The van der Waals surface area contributed by atoms with Gasteiger partial charge in [-0.2, -0.15) is 0 Å². The van der Waals surface area contributed by atoms with Crippen molar-refractivity contribution in [3.63, 3.8) is 0 Å². The number of pyridine rings is 1. The second-order valence-corrected chi connectivity index (χ2v) is 7.96. The Hall–Kier alpha value is -1.74. The van der Waals surface area contributed by atoms with Crippen LogP contribution in [0.4, 0.5) is 5.69 Å². The molecule has 1 N–H and O–H groups in total. The van der Waals surface area contributed by atoms with Crippen LogP contribution in [0.1, 0.15) is 57.2 Å². The Balaban J connectivity index is 1.58. The fourth-order valence-electron chi connectivity index (χ4n) is 3.86. The number of benzene rings is 1. The molecule has 1 saturated carbocycles. The molecular formula is C23H31ClN2O. The second kappa shape index (κ2) is 9.98. The highest BCUT2D eigenvalue weighted by Gasteiger charge is 2.20. The molecule has 2 aromatic rings. The summed E-state index contributed by atoms with van der Waals surface area (Å²) >= 11 is 6.06. The molecule has 0 bridgehead atoms. The molecule has 0 aliphatic heterocycles. The third-order valence-corrected chi connectivity index (χ3v) is 5.83. The molecule has 0 saturated heterocycles. The molecule has 1 aliphatic rings. The van der Waals surface area contributed by atoms with Crippen LogP contribution in [0.15, 0.2) is 36.5 Å². The molecule has 1 aromatic heterocycles. The van der Waals surface area contributed by atoms with Gasteiger partial charge in [0.25, 0.3) is 0 Å². The van der Waals surface area contributed by atoms with Crippen molar-refractivity contribution in [1.82, 2.24) is 4.98 Å². The van der Waals surface area contributed by atoms with E-state index >= 15 is 0 Å². The molecule has 1 aromatic carbocycles. The van der Waals surface area contributed by atoms with Crippen LogP contribution in [0.5, 0.6) is 5.75 Å². The van der Waals surface area contributed by atoms with Crippen molar-refractivity contribution >= 4 is 17.3 Å². The molecule has 27 heavy (non-hydrogen) atoms. The number of halogens is 1. The van der Waals surface area contributed by atoms with Gasteiger partial charge in [0.1, 0.15) is 5.75 Å². The van der Waals surface area contributed by atoms with Crippen molar-refractivity contribution < 1.29 is 4.74 Å². The molecule has 1 fully saturated rings. The average molecular weight is 387 g/mol. The minimum atomic E-state index is 0.557. The fourth-order valence-corrected chi connectivity index (χ4v) is 4.08. The Morgan fingerprint density at radius 3 is 2.67 bits per heavy atom. The highest BCUT2D eigenvalue weighted by molar-refractivity contribution is 6.30. The van der Waals surface area contributed by atoms with Crippen LogP contribution in [-0.2, 0) is 12.8 Å². The predicted octanol–water partition coefficient (Wildman–Crippen LogP) is 6.30. The molecule has 1 aliphatic carbocycles. The van der Waals surface area contributed by atoms with Crippen LogP contribution in [0.25, 0.3) is 0 Å². The van der Waals surface area contributed by atoms with Gasteiger partial charge in [0.05, 0.1) is 24.2 Å². The van der Waals surface area contributed by atoms with Gasteiger partial charge >= 0.3 is 0 Å². The second-order valence-electron chi connectivity index (χ2n) is 7.52. The first-order chi connectivity index (χ1) is 13.2. The molecule has 0 radical (unpaired) electrons. The lowest BCUT2D eigenvalue weighted by atomic mass is 9.84. The zero-order valence-electron chi connectivity index (χ0n) is 16.5. The zero-order valence-corrected chi connectivity index (χ0v) is 17.3. The van der Waals surface area contributed by atoms with Crippen molar-refractivity contribution in [2.24, 2.45) is 5.92 Å². The predicted molar refractivity (Wildman–Crippen MR) is 114 cm³/mol. The van der Waals surface area contributed by atoms with Crippen LogP contribution in [0, 0.1) is 5.92 Å². The first-order valence-electron chi connectivity index (χ1n) is 10.3. The summed E-state index contributed by atoms with van der Waals surface area (Å²) in [4.78, 5) is 4.62. The maximum absolute atomic E-state index is 6.09. The van der Waals surface area contributed by atoms with Gasteiger partial charge in [-0.3, -0.25) is 4.98 Å². The molecule has 3 rings (SSSR count). The molecule has 0 atom stereocenters. The van der Waals surface area contributed by atoms with Crippen molar-refractivity contribution in [1.29, 1.82) is 0 Å². The molecule has 0 unspecified atom stereocenters. The number of aryl methyl sites for hydroxylation is 1. The van der Waals surface area contributed by atoms with E-state index in [9.17, 15) is 0 Å². The number of nitrogens with one attached hydrogen (secondary N) is 1. The summed E-state index contributed by atoms with van der Waals surface area (Å²) in [5.74, 6) is 1.81. The number of nitrogens with zero attached hydrogens (tertiary/aromatic N) is 1. The van der Waals surface area contributed by atoms with Gasteiger partial charge < -0.3 is 10.1 Å². The van der Waals surface area contributed by atoms with E-state index in [4.69, 9.17) is 16.3 Å². The van der Waals surface area contributed by atoms with Gasteiger partial charge in [-0.25, -0.2) is 0 Å². The molecular weight excluding hydrogens is 356 g/mol. The van der Waals surface area contributed by atoms with E-state index in [1.165, 1.54) is 37.7 Å². The van der Waals surface area contributed by atoms with Gasteiger partial charge in [0, 0.05) is 23.6 Å². The topological polar surface area (TPSA) is 34.2 Å². The smallest absolute Gasteiger partial charge is 0.142 e. The maximum atomic E-state index is 6.09. The molecule has 4 heteroatoms. The lowest BCUT2D eigenvalue weighted by Crippen LogP contribution is -2.26. The normalized spacial score (nSPS) is 19.7. The van der Waals surface area contributed by atoms with Crippen molar-refractivity contribution in [2.45, 2.75) is 64.8 Å². The Morgan fingerprint density at radius 2 is 1.96 bits per heavy atom. The third-order valence-electron chi connectivity index (χ3n) is 5.60. The lowest BCUT2D eigenvalue weighted by Gasteiger charge is -2.29.